The standard InChI is InChI=1S/C26H30N4O4S/c1-7-29(8-2)25(32)22-16(3)27-26-30(23(22)18-11-9-10-12-19(18)33-6)24(31)20(35-26)15-17-13-14-21(34-17)28(4)5/h9-15,23H,7-8H2,1-6H3/b20-15+/t23-/m1/s1. The maximum atomic E-state index is 13.8. The van der Waals surface area contributed by atoms with Crippen LogP contribution in [0.1, 0.15) is 38.1 Å². The fourth-order valence-corrected chi connectivity index (χ4v) is 5.28. The second kappa shape index (κ2) is 9.95. The number of hydrogen-bond donors (Lipinski definition) is 0. The van der Waals surface area contributed by atoms with E-state index >= 15 is 0 Å². The van der Waals surface area contributed by atoms with E-state index in [0.29, 0.717) is 51.1 Å². The Hall–Kier alpha value is -3.59. The van der Waals surface area contributed by atoms with Crippen molar-refractivity contribution in [3.8, 4) is 5.75 Å². The highest BCUT2D eigenvalue weighted by molar-refractivity contribution is 7.07. The van der Waals surface area contributed by atoms with Crippen LogP contribution in [0, 0.1) is 0 Å². The quantitative estimate of drug-likeness (QED) is 0.505. The summed E-state index contributed by atoms with van der Waals surface area (Å²) in [6.45, 7) is 6.82. The third-order valence-electron chi connectivity index (χ3n) is 6.06. The summed E-state index contributed by atoms with van der Waals surface area (Å²) in [5.41, 5.74) is 1.58. The number of ether oxygens (including phenoxy) is 1. The van der Waals surface area contributed by atoms with Crippen molar-refractivity contribution in [3.05, 3.63) is 78.7 Å². The van der Waals surface area contributed by atoms with Crippen molar-refractivity contribution in [1.82, 2.24) is 9.47 Å². The molecular weight excluding hydrogens is 464 g/mol. The Morgan fingerprint density at radius 3 is 2.54 bits per heavy atom. The van der Waals surface area contributed by atoms with Crippen LogP contribution in [0.3, 0.4) is 0 Å². The van der Waals surface area contributed by atoms with Gasteiger partial charge in [0.1, 0.15) is 17.6 Å². The minimum atomic E-state index is -0.661. The second-order valence-corrected chi connectivity index (χ2v) is 9.38. The Labute approximate surface area is 208 Å². The molecule has 0 N–H and O–H groups in total. The van der Waals surface area contributed by atoms with E-state index in [1.165, 1.54) is 11.3 Å². The van der Waals surface area contributed by atoms with Gasteiger partial charge in [-0.05, 0) is 32.9 Å². The number of methoxy groups -OCH3 is 1. The van der Waals surface area contributed by atoms with Crippen LogP contribution in [0.2, 0.25) is 0 Å². The lowest BCUT2D eigenvalue weighted by Gasteiger charge is -2.29. The molecular formula is C26H30N4O4S. The number of rotatable bonds is 7. The number of furan rings is 1. The zero-order valence-electron chi connectivity index (χ0n) is 20.9. The molecule has 0 unspecified atom stereocenters. The van der Waals surface area contributed by atoms with Gasteiger partial charge >= 0.3 is 0 Å². The van der Waals surface area contributed by atoms with Gasteiger partial charge in [-0.15, -0.1) is 0 Å². The van der Waals surface area contributed by atoms with E-state index < -0.39 is 6.04 Å². The lowest BCUT2D eigenvalue weighted by molar-refractivity contribution is -0.127. The Balaban J connectivity index is 1.97. The molecule has 9 heteroatoms. The SMILES string of the molecule is CCN(CC)C(=O)C1=C(C)N=c2s/c(=C/c3ccc(N(C)C)o3)c(=O)n2[C@@H]1c1ccccc1OC. The smallest absolute Gasteiger partial charge is 0.271 e. The molecule has 1 aromatic carbocycles. The molecule has 35 heavy (non-hydrogen) atoms. The highest BCUT2D eigenvalue weighted by Crippen LogP contribution is 2.36. The zero-order chi connectivity index (χ0) is 25.3. The van der Waals surface area contributed by atoms with Gasteiger partial charge in [0.25, 0.3) is 11.5 Å². The molecule has 1 aliphatic heterocycles. The van der Waals surface area contributed by atoms with E-state index in [1.807, 2.05) is 76.2 Å². The first kappa shape index (κ1) is 24.5. The third kappa shape index (κ3) is 4.43. The monoisotopic (exact) mass is 494 g/mol. The topological polar surface area (TPSA) is 80.3 Å². The molecule has 0 aliphatic carbocycles. The molecule has 0 saturated heterocycles. The summed E-state index contributed by atoms with van der Waals surface area (Å²) < 4.78 is 13.6. The minimum Gasteiger partial charge on any atom is -0.496 e. The Bertz CT molecular complexity index is 1460. The summed E-state index contributed by atoms with van der Waals surface area (Å²) in [6.07, 6.45) is 1.72. The van der Waals surface area contributed by atoms with Crippen molar-refractivity contribution < 1.29 is 13.9 Å². The molecule has 2 aromatic heterocycles. The summed E-state index contributed by atoms with van der Waals surface area (Å²) in [6, 6.07) is 10.5. The molecule has 8 nitrogen and oxygen atoms in total. The average molecular weight is 495 g/mol. The summed E-state index contributed by atoms with van der Waals surface area (Å²) in [5, 5.41) is 0. The highest BCUT2D eigenvalue weighted by atomic mass is 32.1. The predicted molar refractivity (Wildman–Crippen MR) is 138 cm³/mol. The number of thiazole rings is 1. The Morgan fingerprint density at radius 1 is 1.20 bits per heavy atom. The number of fused-ring (bicyclic) bond motifs is 1. The zero-order valence-corrected chi connectivity index (χ0v) is 21.7. The van der Waals surface area contributed by atoms with E-state index in [1.54, 1.807) is 22.7 Å². The lowest BCUT2D eigenvalue weighted by Crippen LogP contribution is -2.43. The van der Waals surface area contributed by atoms with Crippen molar-refractivity contribution in [2.75, 3.05) is 39.2 Å². The summed E-state index contributed by atoms with van der Waals surface area (Å²) in [7, 11) is 5.37. The first-order chi connectivity index (χ1) is 16.8. The van der Waals surface area contributed by atoms with Crippen molar-refractivity contribution in [3.63, 3.8) is 0 Å². The summed E-state index contributed by atoms with van der Waals surface area (Å²) >= 11 is 1.28. The number of benzene rings is 1. The van der Waals surface area contributed by atoms with Gasteiger partial charge in [0.05, 0.1) is 22.9 Å². The summed E-state index contributed by atoms with van der Waals surface area (Å²) in [5.74, 6) is 1.73. The van der Waals surface area contributed by atoms with Gasteiger partial charge < -0.3 is 19.0 Å². The first-order valence-electron chi connectivity index (χ1n) is 11.5. The van der Waals surface area contributed by atoms with Crippen LogP contribution >= 0.6 is 11.3 Å². The number of nitrogens with zero attached hydrogens (tertiary/aromatic N) is 4. The van der Waals surface area contributed by atoms with Crippen molar-refractivity contribution in [1.29, 1.82) is 0 Å². The molecule has 3 heterocycles. The molecule has 184 valence electrons. The van der Waals surface area contributed by atoms with Crippen LogP contribution in [0.25, 0.3) is 6.08 Å². The lowest BCUT2D eigenvalue weighted by atomic mass is 9.94. The molecule has 1 aliphatic rings. The van der Waals surface area contributed by atoms with Crippen molar-refractivity contribution in [2.45, 2.75) is 26.8 Å². The van der Waals surface area contributed by atoms with E-state index in [-0.39, 0.29) is 11.5 Å². The van der Waals surface area contributed by atoms with Crippen LogP contribution in [-0.4, -0.2) is 49.7 Å². The van der Waals surface area contributed by atoms with Crippen LogP contribution in [0.4, 0.5) is 5.88 Å². The number of aromatic nitrogens is 1. The molecule has 0 saturated carbocycles. The van der Waals surface area contributed by atoms with Crippen LogP contribution in [0.5, 0.6) is 5.75 Å². The molecule has 0 bridgehead atoms. The van der Waals surface area contributed by atoms with Crippen LogP contribution < -0.4 is 24.5 Å². The predicted octanol–water partition coefficient (Wildman–Crippen LogP) is 2.77. The second-order valence-electron chi connectivity index (χ2n) is 8.37. The Kier molecular flexibility index (Phi) is 6.98. The molecule has 0 radical (unpaired) electrons. The summed E-state index contributed by atoms with van der Waals surface area (Å²) in [4.78, 5) is 36.3. The largest absolute Gasteiger partial charge is 0.496 e. The maximum absolute atomic E-state index is 13.8. The number of carbonyl (C=O) groups excluding carboxylic acids is 1. The minimum absolute atomic E-state index is 0.136. The molecule has 0 spiro atoms. The van der Waals surface area contributed by atoms with Crippen molar-refractivity contribution in [2.24, 2.45) is 4.99 Å². The highest BCUT2D eigenvalue weighted by Gasteiger charge is 2.35. The number of carbonyl (C=O) groups is 1. The van der Waals surface area contributed by atoms with Gasteiger partial charge in [0, 0.05) is 44.9 Å². The third-order valence-corrected chi connectivity index (χ3v) is 7.05. The first-order valence-corrected chi connectivity index (χ1v) is 12.3. The fourth-order valence-electron chi connectivity index (χ4n) is 4.25. The van der Waals surface area contributed by atoms with Gasteiger partial charge in [-0.25, -0.2) is 4.99 Å². The molecule has 1 atom stereocenters. The number of allylic oxidation sites excluding steroid dienone is 1. The number of para-hydroxylation sites is 1. The van der Waals surface area contributed by atoms with Gasteiger partial charge in [-0.3, -0.25) is 14.2 Å². The van der Waals surface area contributed by atoms with Gasteiger partial charge in [-0.1, -0.05) is 29.5 Å². The average Bonchev–Trinajstić information content (AvgIpc) is 3.43. The number of likely N-dealkylation sites (N-methyl/N-ethyl adjacent to an activating group) is 1. The Morgan fingerprint density at radius 2 is 1.91 bits per heavy atom. The number of anilines is 1. The van der Waals surface area contributed by atoms with E-state index in [0.717, 1.165) is 5.56 Å². The molecule has 0 fully saturated rings. The van der Waals surface area contributed by atoms with Crippen molar-refractivity contribution >= 4 is 29.2 Å². The van der Waals surface area contributed by atoms with E-state index in [2.05, 4.69) is 0 Å². The number of amides is 1. The molecule has 3 aromatic rings. The van der Waals surface area contributed by atoms with E-state index in [4.69, 9.17) is 14.1 Å². The normalized spacial score (nSPS) is 15.6. The van der Waals surface area contributed by atoms with Crippen LogP contribution in [0.15, 0.2) is 61.9 Å². The molecule has 1 amide bonds. The van der Waals surface area contributed by atoms with Crippen LogP contribution in [-0.2, 0) is 4.79 Å². The van der Waals surface area contributed by atoms with Gasteiger partial charge in [0.15, 0.2) is 10.7 Å². The van der Waals surface area contributed by atoms with Gasteiger partial charge in [-0.2, -0.15) is 0 Å². The fraction of sp³-hybridized carbons (Fsp3) is 0.346. The van der Waals surface area contributed by atoms with Gasteiger partial charge in [0.2, 0.25) is 0 Å². The van der Waals surface area contributed by atoms with E-state index in [9.17, 15) is 9.59 Å². The molecule has 4 rings (SSSR count). The maximum Gasteiger partial charge on any atom is 0.271 e. The number of hydrogen-bond acceptors (Lipinski definition) is 7.